The van der Waals surface area contributed by atoms with E-state index >= 15 is 0 Å². The molecule has 103 heavy (non-hydrogen) atoms. The molecule has 0 aromatic carbocycles. The zero-order valence-electron chi connectivity index (χ0n) is 61.2. The summed E-state index contributed by atoms with van der Waals surface area (Å²) in [5.41, 5.74) is -0.181. The van der Waals surface area contributed by atoms with Gasteiger partial charge in [-0.3, -0.25) is 67.1 Å². The van der Waals surface area contributed by atoms with Crippen molar-refractivity contribution in [3.8, 4) is 0 Å². The molecule has 0 N–H and O–H groups in total. The average molecular weight is 1540 g/mol. The Hall–Kier alpha value is -6.86. The van der Waals surface area contributed by atoms with Gasteiger partial charge in [0.15, 0.2) is 0 Å². The van der Waals surface area contributed by atoms with E-state index in [1.165, 1.54) is 71.1 Å². The normalized spacial score (nSPS) is 23.6. The number of cyclic esters (lactones) is 13. The molecule has 12 saturated heterocycles. The Balaban J connectivity index is 0.000000570. The molecule has 12 heterocycles. The number of Topliss-reactive ketones (excluding diaryl/α,β-unsaturated/α-hetero) is 1. The summed E-state index contributed by atoms with van der Waals surface area (Å²) >= 11 is 3.13. The minimum absolute atomic E-state index is 0.00393. The maximum absolute atomic E-state index is 11.2. The van der Waals surface area contributed by atoms with E-state index in [1.807, 2.05) is 20.8 Å². The molecule has 30 nitrogen and oxygen atoms in total. The summed E-state index contributed by atoms with van der Waals surface area (Å²) in [6.07, 6.45) is 29.4. The fourth-order valence-electron chi connectivity index (χ4n) is 8.97. The van der Waals surface area contributed by atoms with E-state index in [1.54, 1.807) is 0 Å². The van der Waals surface area contributed by atoms with Crippen molar-refractivity contribution < 1.29 is 143 Å². The first-order chi connectivity index (χ1) is 49.5. The molecular weight excluding hydrogens is 1420 g/mol. The molecule has 12 rings (SSSR count). The number of rotatable bonds is 1. The van der Waals surface area contributed by atoms with E-state index < -0.39 is 17.9 Å². The summed E-state index contributed by atoms with van der Waals surface area (Å²) in [4.78, 5) is 147. The molecule has 3 unspecified atom stereocenters. The van der Waals surface area contributed by atoms with Gasteiger partial charge in [-0.25, -0.2) is 0 Å². The highest BCUT2D eigenvalue weighted by Crippen LogP contribution is 2.26. The van der Waals surface area contributed by atoms with Crippen LogP contribution < -0.4 is 0 Å². The van der Waals surface area contributed by atoms with Crippen molar-refractivity contribution in [1.82, 2.24) is 0 Å². The second-order valence-electron chi connectivity index (χ2n) is 25.2. The molecular formula is C72H115BrO30. The van der Waals surface area contributed by atoms with Gasteiger partial charge in [-0.2, -0.15) is 0 Å². The van der Waals surface area contributed by atoms with E-state index in [0.717, 1.165) is 70.6 Å². The smallest absolute Gasteiger partial charge is 0.319 e. The first-order valence-corrected chi connectivity index (χ1v) is 37.4. The van der Waals surface area contributed by atoms with E-state index in [9.17, 15) is 67.1 Å². The SMILES string of the molecule is CC(=O)C1CCOC1=O.CC1(C)COC1=O.CC1CC(=O)O1.O=C1CCC(=O)OCCOCCOCCO1.O=C1CCCCCCCCCCCO1.O=C1CCCCCCCO1.O=C1CCCCCO1.O=C1CCCCO1.O=C1CCCO1.O=C1CCO1.O=C1CCOCCO1.O=C1OCCC1Br. The van der Waals surface area contributed by atoms with Crippen molar-refractivity contribution in [2.45, 2.75) is 244 Å². The first kappa shape index (κ1) is 94.2. The van der Waals surface area contributed by atoms with Gasteiger partial charge in [-0.15, -0.1) is 0 Å². The lowest BCUT2D eigenvalue weighted by Crippen LogP contribution is -2.42. The minimum Gasteiger partial charge on any atom is -0.466 e. The number of halogens is 1. The average Bonchev–Trinajstić information content (AvgIpc) is 1.19. The Morgan fingerprint density at radius 1 is 0.311 bits per heavy atom. The standard InChI is InChI=1S/C12H22O2.C10H16O6.C8H14O2.C6H8O3.C6H10O2.C5H8O3.2C5H8O2.C4H5BrO2.2C4H6O2.C3H4O2/c13-12-10-8-6-4-2-1-3-5-7-9-11-14-12;11-9-1-2-10(12)16-8-6-14-4-3-13-5-7-15-9;9-8-6-4-2-1-3-5-7-10-8;1-4(7)5-2-3-9-6(5)8;7-6-4-2-1-3-5-8-6;6-5-1-2-7-3-4-8-5;1-5(2)3-7-4(5)6;6-5-3-1-2-4-7-5;5-3-1-2-7-4(3)6;1-3-2-4(5)6-3;5-4-2-1-3-6-4;4-3-1-2-5-3/h1-11H2;1-8H2;1-7H2;5H,2-3H2,1H3;1-5H2;1-4H2;3H2,1-2H3;1-4H2;3H,1-2H2;3H,2H2,1H3;1-3H2;1-2H2. The number of ketones is 1. The monoisotopic (exact) mass is 1540 g/mol. The third-order valence-corrected chi connectivity index (χ3v) is 16.1. The third-order valence-electron chi connectivity index (χ3n) is 15.3. The highest BCUT2D eigenvalue weighted by molar-refractivity contribution is 9.10. The van der Waals surface area contributed by atoms with Gasteiger partial charge >= 0.3 is 77.6 Å². The molecule has 0 amide bonds. The van der Waals surface area contributed by atoms with E-state index in [2.05, 4.69) is 53.8 Å². The summed E-state index contributed by atoms with van der Waals surface area (Å²) in [7, 11) is 0. The number of esters is 13. The Morgan fingerprint density at radius 3 is 0.854 bits per heavy atom. The topological polar surface area (TPSA) is 387 Å². The van der Waals surface area contributed by atoms with Gasteiger partial charge in [0, 0.05) is 44.9 Å². The van der Waals surface area contributed by atoms with Crippen LogP contribution in [0.25, 0.3) is 0 Å². The van der Waals surface area contributed by atoms with Gasteiger partial charge in [0.05, 0.1) is 123 Å². The van der Waals surface area contributed by atoms with Crippen molar-refractivity contribution >= 4 is 99.3 Å². The van der Waals surface area contributed by atoms with Crippen LogP contribution in [-0.4, -0.2) is 213 Å². The van der Waals surface area contributed by atoms with Crippen molar-refractivity contribution in [2.24, 2.45) is 11.3 Å². The van der Waals surface area contributed by atoms with E-state index in [4.69, 9.17) is 37.9 Å². The number of alkyl halides is 1. The van der Waals surface area contributed by atoms with E-state index in [-0.39, 0.29) is 114 Å². The van der Waals surface area contributed by atoms with Gasteiger partial charge in [0.1, 0.15) is 55.7 Å². The minimum atomic E-state index is -0.468. The molecule has 0 aliphatic carbocycles. The Morgan fingerprint density at radius 2 is 0.602 bits per heavy atom. The Bertz CT molecular complexity index is 2340. The quantitative estimate of drug-likeness (QED) is 0.102. The number of ether oxygens (including phenoxy) is 16. The molecule has 12 fully saturated rings. The van der Waals surface area contributed by atoms with Crippen LogP contribution in [0.2, 0.25) is 0 Å². The van der Waals surface area contributed by atoms with Crippen LogP contribution in [0, 0.1) is 11.3 Å². The zero-order valence-corrected chi connectivity index (χ0v) is 62.8. The van der Waals surface area contributed by atoms with Crippen LogP contribution >= 0.6 is 15.9 Å². The number of hydrogen-bond acceptors (Lipinski definition) is 30. The van der Waals surface area contributed by atoms with Crippen molar-refractivity contribution in [1.29, 1.82) is 0 Å². The maximum atomic E-state index is 11.2. The molecule has 12 aliphatic heterocycles. The molecule has 0 saturated carbocycles. The van der Waals surface area contributed by atoms with Crippen LogP contribution in [0.3, 0.4) is 0 Å². The lowest BCUT2D eigenvalue weighted by molar-refractivity contribution is -0.180. The van der Waals surface area contributed by atoms with Crippen molar-refractivity contribution in [2.75, 3.05) is 119 Å². The summed E-state index contributed by atoms with van der Waals surface area (Å²) < 4.78 is 75.9. The van der Waals surface area contributed by atoms with Gasteiger partial charge < -0.3 is 75.8 Å². The van der Waals surface area contributed by atoms with Gasteiger partial charge in [-0.1, -0.05) is 80.1 Å². The van der Waals surface area contributed by atoms with Gasteiger partial charge in [0.2, 0.25) is 0 Å². The molecule has 0 radical (unpaired) electrons. The Kier molecular flexibility index (Phi) is 57.1. The molecule has 0 bridgehead atoms. The van der Waals surface area contributed by atoms with E-state index in [0.29, 0.717) is 163 Å². The second-order valence-corrected chi connectivity index (χ2v) is 26.3. The molecule has 12 aliphatic rings. The summed E-state index contributed by atoms with van der Waals surface area (Å²) in [6, 6.07) is 0. The molecule has 31 heteroatoms. The predicted octanol–water partition coefficient (Wildman–Crippen LogP) is 8.98. The van der Waals surface area contributed by atoms with Crippen LogP contribution in [0.1, 0.15) is 233 Å². The summed E-state index contributed by atoms with van der Waals surface area (Å²) in [5.74, 6) is -2.33. The fraction of sp³-hybridized carbons (Fsp3) is 0.806. The van der Waals surface area contributed by atoms with Crippen molar-refractivity contribution in [3.63, 3.8) is 0 Å². The maximum Gasteiger partial charge on any atom is 0.319 e. The lowest BCUT2D eigenvalue weighted by Gasteiger charge is -2.31. The van der Waals surface area contributed by atoms with Crippen LogP contribution in [-0.2, 0) is 143 Å². The van der Waals surface area contributed by atoms with Crippen LogP contribution in [0.15, 0.2) is 0 Å². The molecule has 0 aromatic rings. The molecule has 3 atom stereocenters. The number of carbonyl (C=O) groups is 14. The number of hydrogen-bond donors (Lipinski definition) is 0. The predicted molar refractivity (Wildman–Crippen MR) is 368 cm³/mol. The molecule has 0 aromatic heterocycles. The fourth-order valence-corrected chi connectivity index (χ4v) is 9.29. The Labute approximate surface area is 614 Å². The summed E-state index contributed by atoms with van der Waals surface area (Å²) in [6.45, 7) is 15.9. The lowest BCUT2D eigenvalue weighted by atomic mass is 9.91. The van der Waals surface area contributed by atoms with Crippen LogP contribution in [0.5, 0.6) is 0 Å². The van der Waals surface area contributed by atoms with Gasteiger partial charge in [-0.05, 0) is 91.9 Å². The largest absolute Gasteiger partial charge is 0.466 e. The summed E-state index contributed by atoms with van der Waals surface area (Å²) in [5, 5.41) is 0. The van der Waals surface area contributed by atoms with Gasteiger partial charge in [0.25, 0.3) is 0 Å². The highest BCUT2D eigenvalue weighted by atomic mass is 79.9. The second kappa shape index (κ2) is 62.5. The zero-order chi connectivity index (χ0) is 76.0. The molecule has 590 valence electrons. The third kappa shape index (κ3) is 57.2. The first-order valence-electron chi connectivity index (χ1n) is 36.5. The van der Waals surface area contributed by atoms with Crippen molar-refractivity contribution in [3.05, 3.63) is 0 Å². The number of carbonyl (C=O) groups excluding carboxylic acids is 14. The van der Waals surface area contributed by atoms with Crippen LogP contribution in [0.4, 0.5) is 0 Å². The molecule has 0 spiro atoms. The highest BCUT2D eigenvalue weighted by Gasteiger charge is 2.39.